The second-order valence-electron chi connectivity index (χ2n) is 9.50. The molecule has 0 aromatic carbocycles. The van der Waals surface area contributed by atoms with E-state index in [1.165, 1.54) is 0 Å². The lowest BCUT2D eigenvalue weighted by Crippen LogP contribution is -2.59. The summed E-state index contributed by atoms with van der Waals surface area (Å²) in [6.07, 6.45) is 4.26. The van der Waals surface area contributed by atoms with Gasteiger partial charge >= 0.3 is 0 Å². The molecule has 10 atom stereocenters. The smallest absolute Gasteiger partial charge is 0.0622 e. The molecule has 4 nitrogen and oxygen atoms in total. The van der Waals surface area contributed by atoms with Crippen LogP contribution in [0, 0.1) is 34.5 Å². The van der Waals surface area contributed by atoms with E-state index < -0.39 is 12.2 Å². The molecular formula is C19H32O4. The summed E-state index contributed by atoms with van der Waals surface area (Å²) in [6, 6.07) is 0. The highest BCUT2D eigenvalue weighted by molar-refractivity contribution is 5.13. The number of aliphatic hydroxyl groups excluding tert-OH is 4. The molecule has 0 amide bonds. The van der Waals surface area contributed by atoms with Crippen LogP contribution in [-0.2, 0) is 0 Å². The summed E-state index contributed by atoms with van der Waals surface area (Å²) in [5, 5.41) is 42.0. The molecule has 0 aliphatic heterocycles. The van der Waals surface area contributed by atoms with Gasteiger partial charge in [-0.15, -0.1) is 0 Å². The summed E-state index contributed by atoms with van der Waals surface area (Å²) in [5.74, 6) is 1.09. The van der Waals surface area contributed by atoms with Crippen LogP contribution in [0.3, 0.4) is 0 Å². The Labute approximate surface area is 138 Å². The van der Waals surface area contributed by atoms with E-state index in [0.29, 0.717) is 24.7 Å². The summed E-state index contributed by atoms with van der Waals surface area (Å²) in [4.78, 5) is 0. The van der Waals surface area contributed by atoms with Crippen molar-refractivity contribution in [3.8, 4) is 0 Å². The van der Waals surface area contributed by atoms with Gasteiger partial charge in [0.1, 0.15) is 0 Å². The minimum Gasteiger partial charge on any atom is -0.393 e. The second-order valence-corrected chi connectivity index (χ2v) is 9.50. The Morgan fingerprint density at radius 2 is 1.43 bits per heavy atom. The first-order valence-electron chi connectivity index (χ1n) is 9.49. The van der Waals surface area contributed by atoms with Gasteiger partial charge in [-0.2, -0.15) is 0 Å². The average molecular weight is 324 g/mol. The van der Waals surface area contributed by atoms with Gasteiger partial charge < -0.3 is 20.4 Å². The Balaban J connectivity index is 1.69. The maximum Gasteiger partial charge on any atom is 0.0622 e. The average Bonchev–Trinajstić information content (AvgIpc) is 2.71. The van der Waals surface area contributed by atoms with Gasteiger partial charge in [-0.1, -0.05) is 13.8 Å². The lowest BCUT2D eigenvalue weighted by molar-refractivity contribution is -0.182. The lowest BCUT2D eigenvalue weighted by Gasteiger charge is -2.62. The Hall–Kier alpha value is -0.160. The van der Waals surface area contributed by atoms with E-state index in [-0.39, 0.29) is 34.9 Å². The molecule has 0 radical (unpaired) electrons. The van der Waals surface area contributed by atoms with E-state index in [1.54, 1.807) is 0 Å². The number of fused-ring (bicyclic) bond motifs is 5. The molecule has 1 unspecified atom stereocenters. The molecule has 4 heteroatoms. The van der Waals surface area contributed by atoms with Crippen molar-refractivity contribution in [2.45, 2.75) is 83.2 Å². The normalized spacial score (nSPS) is 62.3. The van der Waals surface area contributed by atoms with Crippen molar-refractivity contribution in [2.24, 2.45) is 34.5 Å². The van der Waals surface area contributed by atoms with Gasteiger partial charge in [0, 0.05) is 6.42 Å². The Morgan fingerprint density at radius 1 is 0.739 bits per heavy atom. The molecule has 132 valence electrons. The van der Waals surface area contributed by atoms with Crippen molar-refractivity contribution in [2.75, 3.05) is 0 Å². The second kappa shape index (κ2) is 5.17. The maximum atomic E-state index is 10.8. The molecule has 4 rings (SSSR count). The first-order chi connectivity index (χ1) is 10.8. The third-order valence-electron chi connectivity index (χ3n) is 8.59. The summed E-state index contributed by atoms with van der Waals surface area (Å²) < 4.78 is 0. The predicted molar refractivity (Wildman–Crippen MR) is 86.5 cm³/mol. The molecule has 4 fully saturated rings. The summed E-state index contributed by atoms with van der Waals surface area (Å²) in [6.45, 7) is 4.45. The zero-order valence-corrected chi connectivity index (χ0v) is 14.4. The first-order valence-corrected chi connectivity index (χ1v) is 9.49. The van der Waals surface area contributed by atoms with E-state index in [2.05, 4.69) is 13.8 Å². The highest BCUT2D eigenvalue weighted by atomic mass is 16.3. The molecule has 0 aromatic heterocycles. The maximum absolute atomic E-state index is 10.8. The van der Waals surface area contributed by atoms with Crippen LogP contribution in [0.15, 0.2) is 0 Å². The Morgan fingerprint density at radius 3 is 2.17 bits per heavy atom. The molecule has 4 N–H and O–H groups in total. The van der Waals surface area contributed by atoms with Crippen LogP contribution < -0.4 is 0 Å². The fraction of sp³-hybridized carbons (Fsp3) is 1.00. The van der Waals surface area contributed by atoms with Crippen LogP contribution in [0.5, 0.6) is 0 Å². The molecule has 0 heterocycles. The summed E-state index contributed by atoms with van der Waals surface area (Å²) in [7, 11) is 0. The number of hydrogen-bond donors (Lipinski definition) is 4. The fourth-order valence-electron chi connectivity index (χ4n) is 7.32. The van der Waals surface area contributed by atoms with Crippen LogP contribution in [0.1, 0.15) is 58.8 Å². The minimum absolute atomic E-state index is 0.0656. The van der Waals surface area contributed by atoms with Crippen molar-refractivity contribution in [1.82, 2.24) is 0 Å². The van der Waals surface area contributed by atoms with Crippen LogP contribution >= 0.6 is 0 Å². The monoisotopic (exact) mass is 324 g/mol. The molecule has 0 bridgehead atoms. The molecular weight excluding hydrogens is 292 g/mol. The van der Waals surface area contributed by atoms with Gasteiger partial charge in [0.15, 0.2) is 0 Å². The zero-order valence-electron chi connectivity index (χ0n) is 14.4. The van der Waals surface area contributed by atoms with Crippen LogP contribution in [0.2, 0.25) is 0 Å². The highest BCUT2D eigenvalue weighted by Crippen LogP contribution is 2.66. The Kier molecular flexibility index (Phi) is 3.67. The van der Waals surface area contributed by atoms with Gasteiger partial charge in [0.2, 0.25) is 0 Å². The fourth-order valence-corrected chi connectivity index (χ4v) is 7.32. The lowest BCUT2D eigenvalue weighted by atomic mass is 9.44. The third kappa shape index (κ3) is 2.11. The molecule has 0 aromatic rings. The quantitative estimate of drug-likeness (QED) is 0.547. The van der Waals surface area contributed by atoms with Gasteiger partial charge in [-0.05, 0) is 73.0 Å². The molecule has 4 aliphatic rings. The number of aliphatic hydroxyl groups is 4. The molecule has 0 saturated heterocycles. The van der Waals surface area contributed by atoms with Gasteiger partial charge in [-0.25, -0.2) is 0 Å². The number of rotatable bonds is 0. The zero-order chi connectivity index (χ0) is 16.6. The van der Waals surface area contributed by atoms with E-state index >= 15 is 0 Å². The molecule has 0 spiro atoms. The van der Waals surface area contributed by atoms with Gasteiger partial charge in [0.05, 0.1) is 24.4 Å². The van der Waals surface area contributed by atoms with Crippen molar-refractivity contribution in [3.63, 3.8) is 0 Å². The van der Waals surface area contributed by atoms with Crippen molar-refractivity contribution in [1.29, 1.82) is 0 Å². The largest absolute Gasteiger partial charge is 0.393 e. The summed E-state index contributed by atoms with van der Waals surface area (Å²) in [5.41, 5.74) is -0.131. The van der Waals surface area contributed by atoms with E-state index in [9.17, 15) is 20.4 Å². The van der Waals surface area contributed by atoms with E-state index in [1.807, 2.05) is 0 Å². The standard InChI is InChI=1S/C19H32O4/c1-18-5-3-10(20)7-13(18)14(21)8-11-12(18)4-6-19(2)16(23)9-15(22)17(11)19/h10-17,20-23H,3-9H2,1-2H3/t10-,11+,12-,13?,14-,15+,16-,17+,18+,19+/m0/s1. The van der Waals surface area contributed by atoms with E-state index in [0.717, 1.165) is 32.1 Å². The Bertz CT molecular complexity index is 482. The number of hydrogen-bond acceptors (Lipinski definition) is 4. The van der Waals surface area contributed by atoms with Gasteiger partial charge in [-0.3, -0.25) is 0 Å². The van der Waals surface area contributed by atoms with Crippen LogP contribution in [0.4, 0.5) is 0 Å². The van der Waals surface area contributed by atoms with Crippen molar-refractivity contribution < 1.29 is 20.4 Å². The third-order valence-corrected chi connectivity index (χ3v) is 8.59. The highest BCUT2D eigenvalue weighted by Gasteiger charge is 2.64. The first kappa shape index (κ1) is 16.3. The SMILES string of the molecule is C[C@]12CC[C@H]3[C@@H](C[C@H](O)C4C[C@@H](O)CC[C@@]43C)[C@@H]1[C@H](O)C[C@@H]2O. The van der Waals surface area contributed by atoms with Crippen LogP contribution in [-0.4, -0.2) is 44.8 Å². The molecule has 4 aliphatic carbocycles. The van der Waals surface area contributed by atoms with Crippen molar-refractivity contribution >= 4 is 0 Å². The van der Waals surface area contributed by atoms with E-state index in [4.69, 9.17) is 0 Å². The molecule has 4 saturated carbocycles. The topological polar surface area (TPSA) is 80.9 Å². The molecule has 23 heavy (non-hydrogen) atoms. The minimum atomic E-state index is -0.440. The predicted octanol–water partition coefficient (Wildman–Crippen LogP) is 1.69. The summed E-state index contributed by atoms with van der Waals surface area (Å²) >= 11 is 0. The van der Waals surface area contributed by atoms with Crippen molar-refractivity contribution in [3.05, 3.63) is 0 Å². The van der Waals surface area contributed by atoms with Crippen LogP contribution in [0.25, 0.3) is 0 Å². The van der Waals surface area contributed by atoms with Gasteiger partial charge in [0.25, 0.3) is 0 Å².